The first-order valence-electron chi connectivity index (χ1n) is 10.2. The fraction of sp³-hybridized carbons (Fsp3) is 0.320. The van der Waals surface area contributed by atoms with Crippen LogP contribution < -0.4 is 4.90 Å². The number of rotatable bonds is 4. The van der Waals surface area contributed by atoms with E-state index >= 15 is 0 Å². The summed E-state index contributed by atoms with van der Waals surface area (Å²) in [5.41, 5.74) is 5.02. The average molecular weight is 357 g/mol. The van der Waals surface area contributed by atoms with Crippen LogP contribution in [0.5, 0.6) is 0 Å². The van der Waals surface area contributed by atoms with Gasteiger partial charge in [-0.05, 0) is 53.3 Å². The zero-order valence-corrected chi connectivity index (χ0v) is 16.2. The molecule has 0 unspecified atom stereocenters. The maximum Gasteiger partial charge on any atom is 0.0650 e. The van der Waals surface area contributed by atoms with E-state index in [1.165, 1.54) is 66.4 Å². The predicted molar refractivity (Wildman–Crippen MR) is 117 cm³/mol. The molecule has 0 N–H and O–H groups in total. The summed E-state index contributed by atoms with van der Waals surface area (Å²) in [4.78, 5) is 7.28. The highest BCUT2D eigenvalue weighted by molar-refractivity contribution is 5.92. The number of nitrogens with zero attached hydrogens (tertiary/aromatic N) is 2. The van der Waals surface area contributed by atoms with E-state index < -0.39 is 0 Å². The van der Waals surface area contributed by atoms with Crippen molar-refractivity contribution in [1.29, 1.82) is 0 Å². The average Bonchev–Trinajstić information content (AvgIpc) is 3.01. The minimum atomic E-state index is 1.03. The molecule has 0 spiro atoms. The first-order chi connectivity index (χ1) is 13.3. The molecule has 1 fully saturated rings. The molecule has 0 amide bonds. The Morgan fingerprint density at radius 2 is 1.70 bits per heavy atom. The fourth-order valence-electron chi connectivity index (χ4n) is 4.03. The Kier molecular flexibility index (Phi) is 5.53. The minimum absolute atomic E-state index is 1.03. The summed E-state index contributed by atoms with van der Waals surface area (Å²) in [6.45, 7) is 4.57. The summed E-state index contributed by atoms with van der Waals surface area (Å²) in [6.07, 6.45) is 12.8. The van der Waals surface area contributed by atoms with Crippen molar-refractivity contribution in [2.75, 3.05) is 18.0 Å². The third-order valence-electron chi connectivity index (χ3n) is 5.57. The van der Waals surface area contributed by atoms with Crippen LogP contribution in [0.4, 0.5) is 5.69 Å². The van der Waals surface area contributed by atoms with Crippen LogP contribution in [-0.2, 0) is 6.42 Å². The van der Waals surface area contributed by atoms with Crippen LogP contribution in [0.25, 0.3) is 22.9 Å². The summed E-state index contributed by atoms with van der Waals surface area (Å²) in [7, 11) is 0. The predicted octanol–water partition coefficient (Wildman–Crippen LogP) is 6.35. The molecule has 0 atom stereocenters. The van der Waals surface area contributed by atoms with Crippen molar-refractivity contribution in [2.45, 2.75) is 39.0 Å². The van der Waals surface area contributed by atoms with Gasteiger partial charge in [0.25, 0.3) is 0 Å². The number of aromatic nitrogens is 1. The van der Waals surface area contributed by atoms with Crippen LogP contribution in [0.2, 0.25) is 0 Å². The lowest BCUT2D eigenvalue weighted by Crippen LogP contribution is -2.25. The highest BCUT2D eigenvalue weighted by Gasteiger charge is 2.13. The topological polar surface area (TPSA) is 16.1 Å². The highest BCUT2D eigenvalue weighted by Crippen LogP contribution is 2.26. The van der Waals surface area contributed by atoms with Gasteiger partial charge in [-0.25, -0.2) is 0 Å². The molecule has 2 heterocycles. The lowest BCUT2D eigenvalue weighted by molar-refractivity contribution is 0.726. The van der Waals surface area contributed by atoms with E-state index in [0.29, 0.717) is 0 Å². The number of fused-ring (bicyclic) bond motifs is 1. The molecule has 1 aliphatic heterocycles. The lowest BCUT2D eigenvalue weighted by Gasteiger charge is -2.25. The molecule has 1 aromatic heterocycles. The quantitative estimate of drug-likeness (QED) is 0.541. The van der Waals surface area contributed by atoms with Crippen molar-refractivity contribution in [2.24, 2.45) is 0 Å². The molecule has 0 radical (unpaired) electrons. The summed E-state index contributed by atoms with van der Waals surface area (Å²) in [5, 5.41) is 2.56. The van der Waals surface area contributed by atoms with Crippen molar-refractivity contribution in [1.82, 2.24) is 4.98 Å². The Hall–Kier alpha value is -2.61. The second-order valence-corrected chi connectivity index (χ2v) is 7.39. The third kappa shape index (κ3) is 4.05. The molecule has 3 aromatic rings. The molecule has 4 rings (SSSR count). The van der Waals surface area contributed by atoms with Gasteiger partial charge in [-0.15, -0.1) is 0 Å². The third-order valence-corrected chi connectivity index (χ3v) is 5.57. The first kappa shape index (κ1) is 17.8. The second-order valence-electron chi connectivity index (χ2n) is 7.39. The standard InChI is InChI=1S/C25H28N2/c1-2-20-19-26-23(18-25(20)27-16-7-3-4-8-17-27)15-14-22-12-9-11-21-10-5-6-13-24(21)22/h5-6,9-15,18-19H,2-4,7-8,16-17H2,1H3. The van der Waals surface area contributed by atoms with Crippen LogP contribution in [-0.4, -0.2) is 18.1 Å². The summed E-state index contributed by atoms with van der Waals surface area (Å²) in [6, 6.07) is 17.3. The van der Waals surface area contributed by atoms with Crippen LogP contribution in [0, 0.1) is 0 Å². The highest BCUT2D eigenvalue weighted by atomic mass is 15.1. The van der Waals surface area contributed by atoms with Crippen molar-refractivity contribution in [3.05, 3.63) is 71.5 Å². The van der Waals surface area contributed by atoms with Crippen LogP contribution in [0.1, 0.15) is 49.4 Å². The maximum atomic E-state index is 4.71. The van der Waals surface area contributed by atoms with Crippen molar-refractivity contribution < 1.29 is 0 Å². The molecule has 2 nitrogen and oxygen atoms in total. The summed E-state index contributed by atoms with van der Waals surface area (Å²) >= 11 is 0. The molecule has 2 aromatic carbocycles. The molecule has 138 valence electrons. The van der Waals surface area contributed by atoms with Gasteiger partial charge in [0.1, 0.15) is 0 Å². The van der Waals surface area contributed by atoms with Crippen molar-refractivity contribution in [3.63, 3.8) is 0 Å². The zero-order valence-electron chi connectivity index (χ0n) is 16.2. The van der Waals surface area contributed by atoms with Crippen molar-refractivity contribution in [3.8, 4) is 0 Å². The SMILES string of the molecule is CCc1cnc(C=Cc2cccc3ccccc23)cc1N1CCCCCC1. The molecular formula is C25H28N2. The monoisotopic (exact) mass is 356 g/mol. The lowest BCUT2D eigenvalue weighted by atomic mass is 10.0. The normalized spacial score (nSPS) is 15.4. The Labute approximate surface area is 162 Å². The number of benzene rings is 2. The number of pyridine rings is 1. The number of anilines is 1. The van der Waals surface area contributed by atoms with Crippen LogP contribution in [0.3, 0.4) is 0 Å². The van der Waals surface area contributed by atoms with E-state index in [9.17, 15) is 0 Å². The second kappa shape index (κ2) is 8.39. The van der Waals surface area contributed by atoms with Gasteiger partial charge in [-0.2, -0.15) is 0 Å². The van der Waals surface area contributed by atoms with Gasteiger partial charge in [0.2, 0.25) is 0 Å². The Bertz CT molecular complexity index is 929. The zero-order chi connectivity index (χ0) is 18.5. The Morgan fingerprint density at radius 3 is 2.52 bits per heavy atom. The first-order valence-corrected chi connectivity index (χ1v) is 10.2. The summed E-state index contributed by atoms with van der Waals surface area (Å²) in [5.74, 6) is 0. The largest absolute Gasteiger partial charge is 0.371 e. The summed E-state index contributed by atoms with van der Waals surface area (Å²) < 4.78 is 0. The van der Waals surface area contributed by atoms with Gasteiger partial charge >= 0.3 is 0 Å². The molecule has 1 aliphatic rings. The number of aryl methyl sites for hydroxylation is 1. The van der Waals surface area contributed by atoms with Crippen LogP contribution >= 0.6 is 0 Å². The van der Waals surface area contributed by atoms with E-state index in [-0.39, 0.29) is 0 Å². The fourth-order valence-corrected chi connectivity index (χ4v) is 4.03. The Balaban J connectivity index is 1.65. The van der Waals surface area contributed by atoms with Gasteiger partial charge in [-0.3, -0.25) is 4.98 Å². The molecule has 0 saturated carbocycles. The smallest absolute Gasteiger partial charge is 0.0650 e. The molecule has 27 heavy (non-hydrogen) atoms. The van der Waals surface area contributed by atoms with E-state index in [2.05, 4.69) is 78.7 Å². The van der Waals surface area contributed by atoms with Gasteiger partial charge in [0.15, 0.2) is 0 Å². The molecule has 0 bridgehead atoms. The van der Waals surface area contributed by atoms with E-state index in [4.69, 9.17) is 4.98 Å². The Morgan fingerprint density at radius 1 is 0.926 bits per heavy atom. The molecule has 0 aliphatic carbocycles. The number of hydrogen-bond acceptors (Lipinski definition) is 2. The number of hydrogen-bond donors (Lipinski definition) is 0. The molecule has 1 saturated heterocycles. The minimum Gasteiger partial charge on any atom is -0.371 e. The van der Waals surface area contributed by atoms with Crippen LogP contribution in [0.15, 0.2) is 54.7 Å². The maximum absolute atomic E-state index is 4.71. The molecule has 2 heteroatoms. The van der Waals surface area contributed by atoms with E-state index in [0.717, 1.165) is 12.1 Å². The van der Waals surface area contributed by atoms with Gasteiger partial charge < -0.3 is 4.90 Å². The van der Waals surface area contributed by atoms with Gasteiger partial charge in [0, 0.05) is 25.0 Å². The van der Waals surface area contributed by atoms with Gasteiger partial charge in [0.05, 0.1) is 5.69 Å². The van der Waals surface area contributed by atoms with E-state index in [1.54, 1.807) is 0 Å². The van der Waals surface area contributed by atoms with E-state index in [1.807, 2.05) is 0 Å². The molecular weight excluding hydrogens is 328 g/mol. The van der Waals surface area contributed by atoms with Crippen molar-refractivity contribution >= 4 is 28.6 Å². The van der Waals surface area contributed by atoms with Gasteiger partial charge in [-0.1, -0.05) is 68.3 Å².